The third-order valence-electron chi connectivity index (χ3n) is 6.11. The summed E-state index contributed by atoms with van der Waals surface area (Å²) in [5, 5.41) is 12.4. The van der Waals surface area contributed by atoms with E-state index in [1.165, 1.54) is 10.1 Å². The van der Waals surface area contributed by atoms with Crippen molar-refractivity contribution in [3.05, 3.63) is 99.3 Å². The van der Waals surface area contributed by atoms with Crippen LogP contribution in [0.3, 0.4) is 0 Å². The first-order chi connectivity index (χ1) is 15.4. The van der Waals surface area contributed by atoms with Crippen molar-refractivity contribution < 1.29 is 5.11 Å². The zero-order valence-corrected chi connectivity index (χ0v) is 19.0. The van der Waals surface area contributed by atoms with Gasteiger partial charge in [-0.3, -0.25) is 9.79 Å². The van der Waals surface area contributed by atoms with Crippen molar-refractivity contribution in [3.63, 3.8) is 0 Å². The van der Waals surface area contributed by atoms with Gasteiger partial charge < -0.3 is 5.11 Å². The van der Waals surface area contributed by atoms with Crippen molar-refractivity contribution in [2.75, 3.05) is 0 Å². The molecule has 0 aliphatic rings. The molecule has 162 valence electrons. The van der Waals surface area contributed by atoms with Gasteiger partial charge in [-0.05, 0) is 61.6 Å². The Hall–Kier alpha value is -3.66. The number of rotatable bonds is 5. The highest BCUT2D eigenvalue weighted by Gasteiger charge is 2.17. The summed E-state index contributed by atoms with van der Waals surface area (Å²) in [6.07, 6.45) is 2.73. The first-order valence-electron chi connectivity index (χ1n) is 11.0. The molecule has 0 fully saturated rings. The first kappa shape index (κ1) is 21.6. The molecule has 0 saturated heterocycles. The largest absolute Gasteiger partial charge is 0.494 e. The Morgan fingerprint density at radius 3 is 2.34 bits per heavy atom. The van der Waals surface area contributed by atoms with Gasteiger partial charge in [-0.2, -0.15) is 0 Å². The summed E-state index contributed by atoms with van der Waals surface area (Å²) in [4.78, 5) is 17.9. The van der Waals surface area contributed by atoms with Gasteiger partial charge >= 0.3 is 0 Å². The molecule has 0 radical (unpaired) electrons. The molecular formula is C28H28N2O2. The van der Waals surface area contributed by atoms with Crippen LogP contribution in [0.4, 0.5) is 5.69 Å². The highest BCUT2D eigenvalue weighted by Crippen LogP contribution is 2.28. The van der Waals surface area contributed by atoms with E-state index in [0.29, 0.717) is 27.9 Å². The second-order valence-corrected chi connectivity index (χ2v) is 8.37. The van der Waals surface area contributed by atoms with Crippen LogP contribution in [0.2, 0.25) is 0 Å². The van der Waals surface area contributed by atoms with Gasteiger partial charge in [0, 0.05) is 17.0 Å². The van der Waals surface area contributed by atoms with Crippen LogP contribution in [0.1, 0.15) is 48.4 Å². The van der Waals surface area contributed by atoms with Crippen LogP contribution in [0.25, 0.3) is 16.5 Å². The van der Waals surface area contributed by atoms with E-state index in [0.717, 1.165) is 23.2 Å². The van der Waals surface area contributed by atoms with Gasteiger partial charge in [0.05, 0.1) is 16.9 Å². The van der Waals surface area contributed by atoms with Crippen molar-refractivity contribution in [1.29, 1.82) is 0 Å². The van der Waals surface area contributed by atoms with Crippen LogP contribution in [0.15, 0.2) is 76.5 Å². The molecule has 3 aromatic carbocycles. The summed E-state index contributed by atoms with van der Waals surface area (Å²) in [5.41, 5.74) is 5.03. The van der Waals surface area contributed by atoms with Crippen molar-refractivity contribution in [1.82, 2.24) is 4.57 Å². The second-order valence-electron chi connectivity index (χ2n) is 8.37. The Bertz CT molecular complexity index is 1370. The molecule has 32 heavy (non-hydrogen) atoms. The third kappa shape index (κ3) is 3.96. The Morgan fingerprint density at radius 2 is 1.69 bits per heavy atom. The molecule has 0 unspecified atom stereocenters. The fourth-order valence-corrected chi connectivity index (χ4v) is 4.03. The van der Waals surface area contributed by atoms with E-state index in [-0.39, 0.29) is 11.4 Å². The van der Waals surface area contributed by atoms with Crippen LogP contribution < -0.4 is 5.56 Å². The van der Waals surface area contributed by atoms with Gasteiger partial charge in [0.25, 0.3) is 5.56 Å². The Kier molecular flexibility index (Phi) is 5.95. The van der Waals surface area contributed by atoms with Crippen LogP contribution >= 0.6 is 0 Å². The normalized spacial score (nSPS) is 12.5. The van der Waals surface area contributed by atoms with Gasteiger partial charge in [-0.25, -0.2) is 4.57 Å². The maximum Gasteiger partial charge on any atom is 0.265 e. The summed E-state index contributed by atoms with van der Waals surface area (Å²) in [7, 11) is 0. The lowest BCUT2D eigenvalue weighted by atomic mass is 9.99. The zero-order chi connectivity index (χ0) is 22.8. The maximum atomic E-state index is 13.3. The van der Waals surface area contributed by atoms with Crippen LogP contribution in [-0.2, 0) is 0 Å². The minimum absolute atomic E-state index is 0.111. The van der Waals surface area contributed by atoms with E-state index in [9.17, 15) is 9.90 Å². The molecule has 0 amide bonds. The predicted molar refractivity (Wildman–Crippen MR) is 133 cm³/mol. The molecule has 0 bridgehead atoms. The number of benzene rings is 3. The molecular weight excluding hydrogens is 396 g/mol. The number of pyridine rings is 1. The number of aromatic nitrogens is 1. The number of aryl methyl sites for hydroxylation is 2. The predicted octanol–water partition coefficient (Wildman–Crippen LogP) is 6.58. The van der Waals surface area contributed by atoms with Gasteiger partial charge in [-0.15, -0.1) is 0 Å². The molecule has 1 atom stereocenters. The number of hydrogen-bond acceptors (Lipinski definition) is 3. The van der Waals surface area contributed by atoms with E-state index >= 15 is 0 Å². The molecule has 1 heterocycles. The SMILES string of the molecule is CC[C@H](C)c1ccc(N=Cc2c(O)n(-c3ccc(C)cc3C)c(=O)c3ccccc23)cc1. The second kappa shape index (κ2) is 8.83. The first-order valence-corrected chi connectivity index (χ1v) is 11.0. The number of aliphatic imine (C=N–C) groups is 1. The smallest absolute Gasteiger partial charge is 0.265 e. The molecule has 0 aliphatic heterocycles. The third-order valence-corrected chi connectivity index (χ3v) is 6.11. The van der Waals surface area contributed by atoms with E-state index in [1.807, 2.05) is 62.4 Å². The van der Waals surface area contributed by atoms with Gasteiger partial charge in [0.15, 0.2) is 0 Å². The zero-order valence-electron chi connectivity index (χ0n) is 19.0. The summed E-state index contributed by atoms with van der Waals surface area (Å²) in [5.74, 6) is 0.392. The number of hydrogen-bond donors (Lipinski definition) is 1. The van der Waals surface area contributed by atoms with Crippen molar-refractivity contribution >= 4 is 22.7 Å². The van der Waals surface area contributed by atoms with Gasteiger partial charge in [-0.1, -0.05) is 61.9 Å². The molecule has 4 nitrogen and oxygen atoms in total. The van der Waals surface area contributed by atoms with Crippen molar-refractivity contribution in [2.45, 2.75) is 40.0 Å². The molecule has 0 spiro atoms. The quantitative estimate of drug-likeness (QED) is 0.368. The lowest BCUT2D eigenvalue weighted by Crippen LogP contribution is -2.21. The summed E-state index contributed by atoms with van der Waals surface area (Å²) < 4.78 is 1.38. The van der Waals surface area contributed by atoms with Crippen LogP contribution in [0.5, 0.6) is 5.88 Å². The molecule has 1 N–H and O–H groups in total. The number of nitrogens with zero attached hydrogens (tertiary/aromatic N) is 2. The van der Waals surface area contributed by atoms with Crippen LogP contribution in [0, 0.1) is 13.8 Å². The Balaban J connectivity index is 1.87. The maximum absolute atomic E-state index is 13.3. The van der Waals surface area contributed by atoms with E-state index < -0.39 is 0 Å². The fraction of sp³-hybridized carbons (Fsp3) is 0.214. The van der Waals surface area contributed by atoms with Crippen molar-refractivity contribution in [2.24, 2.45) is 4.99 Å². The molecule has 4 aromatic rings. The van der Waals surface area contributed by atoms with Crippen molar-refractivity contribution in [3.8, 4) is 11.6 Å². The highest BCUT2D eigenvalue weighted by atomic mass is 16.3. The number of aromatic hydroxyl groups is 1. The molecule has 4 rings (SSSR count). The van der Waals surface area contributed by atoms with Crippen LogP contribution in [-0.4, -0.2) is 15.9 Å². The topological polar surface area (TPSA) is 54.6 Å². The summed E-state index contributed by atoms with van der Waals surface area (Å²) in [6.45, 7) is 8.33. The summed E-state index contributed by atoms with van der Waals surface area (Å²) >= 11 is 0. The lowest BCUT2D eigenvalue weighted by Gasteiger charge is -2.16. The van der Waals surface area contributed by atoms with E-state index in [2.05, 4.69) is 31.0 Å². The average molecular weight is 425 g/mol. The highest BCUT2D eigenvalue weighted by molar-refractivity contribution is 6.02. The van der Waals surface area contributed by atoms with E-state index in [1.54, 1.807) is 12.3 Å². The monoisotopic (exact) mass is 424 g/mol. The molecule has 0 saturated carbocycles. The average Bonchev–Trinajstić information content (AvgIpc) is 2.80. The van der Waals surface area contributed by atoms with Gasteiger partial charge in [0.2, 0.25) is 5.88 Å². The Morgan fingerprint density at radius 1 is 1.00 bits per heavy atom. The van der Waals surface area contributed by atoms with Gasteiger partial charge in [0.1, 0.15) is 0 Å². The fourth-order valence-electron chi connectivity index (χ4n) is 4.03. The van der Waals surface area contributed by atoms with E-state index in [4.69, 9.17) is 0 Å². The molecule has 0 aliphatic carbocycles. The minimum Gasteiger partial charge on any atom is -0.494 e. The lowest BCUT2D eigenvalue weighted by molar-refractivity contribution is 0.436. The Labute approximate surface area is 188 Å². The molecule has 1 aromatic heterocycles. The molecule has 4 heteroatoms. The summed E-state index contributed by atoms with van der Waals surface area (Å²) in [6, 6.07) is 21.3. The number of fused-ring (bicyclic) bond motifs is 1. The standard InChI is InChI=1S/C28H28N2O2/c1-5-19(3)21-11-13-22(14-12-21)29-17-25-23-8-6-7-9-24(23)27(31)30(28(25)32)26-15-10-18(2)16-20(26)4/h6-17,19,32H,5H2,1-4H3/t19-/m0/s1. The minimum atomic E-state index is -0.250.